The lowest BCUT2D eigenvalue weighted by atomic mass is 10.2. The van der Waals surface area contributed by atoms with Gasteiger partial charge in [-0.25, -0.2) is 4.98 Å². The zero-order valence-corrected chi connectivity index (χ0v) is 7.34. The van der Waals surface area contributed by atoms with Crippen molar-refractivity contribution in [1.82, 2.24) is 9.97 Å². The van der Waals surface area contributed by atoms with Gasteiger partial charge >= 0.3 is 0 Å². The van der Waals surface area contributed by atoms with Gasteiger partial charge in [0.25, 0.3) is 0 Å². The van der Waals surface area contributed by atoms with Crippen LogP contribution in [0, 0.1) is 0 Å². The number of thiazole rings is 1. The van der Waals surface area contributed by atoms with Gasteiger partial charge in [0.1, 0.15) is 5.52 Å². The lowest BCUT2D eigenvalue weighted by Crippen LogP contribution is -1.86. The summed E-state index contributed by atoms with van der Waals surface area (Å²) in [4.78, 5) is 8.72. The van der Waals surface area contributed by atoms with Gasteiger partial charge in [-0.1, -0.05) is 0 Å². The van der Waals surface area contributed by atoms with Crippen molar-refractivity contribution in [3.8, 4) is 0 Å². The van der Waals surface area contributed by atoms with Crippen molar-refractivity contribution in [3.05, 3.63) is 23.5 Å². The van der Waals surface area contributed by atoms with E-state index in [2.05, 4.69) is 9.97 Å². The van der Waals surface area contributed by atoms with Crippen LogP contribution in [0.5, 0.6) is 0 Å². The van der Waals surface area contributed by atoms with Gasteiger partial charge in [-0.2, -0.15) is 0 Å². The SMILES string of the molecule is c1cc2scnc2c(C2CC2)n1. The lowest BCUT2D eigenvalue weighted by Gasteiger charge is -1.95. The monoisotopic (exact) mass is 176 g/mol. The number of hydrogen-bond acceptors (Lipinski definition) is 3. The molecule has 60 valence electrons. The van der Waals surface area contributed by atoms with E-state index in [1.54, 1.807) is 11.3 Å². The molecule has 1 aliphatic rings. The molecule has 1 saturated carbocycles. The average Bonchev–Trinajstić information content (AvgIpc) is 2.82. The van der Waals surface area contributed by atoms with Crippen LogP contribution in [0.15, 0.2) is 17.8 Å². The summed E-state index contributed by atoms with van der Waals surface area (Å²) in [7, 11) is 0. The largest absolute Gasteiger partial charge is 0.259 e. The standard InChI is InChI=1S/C9H8N2S/c1-2-6(1)8-9-7(3-4-10-8)12-5-11-9/h3-6H,1-2H2. The van der Waals surface area contributed by atoms with E-state index in [0.717, 1.165) is 5.52 Å². The Morgan fingerprint density at radius 1 is 1.33 bits per heavy atom. The van der Waals surface area contributed by atoms with Crippen molar-refractivity contribution in [2.75, 3.05) is 0 Å². The van der Waals surface area contributed by atoms with E-state index in [1.165, 1.54) is 23.2 Å². The molecule has 2 nitrogen and oxygen atoms in total. The van der Waals surface area contributed by atoms with Crippen LogP contribution in [-0.4, -0.2) is 9.97 Å². The van der Waals surface area contributed by atoms with E-state index in [1.807, 2.05) is 17.8 Å². The maximum absolute atomic E-state index is 4.39. The molecule has 2 aromatic rings. The Morgan fingerprint density at radius 3 is 3.08 bits per heavy atom. The third-order valence-corrected chi connectivity index (χ3v) is 3.04. The van der Waals surface area contributed by atoms with Crippen LogP contribution in [0.25, 0.3) is 10.2 Å². The minimum absolute atomic E-state index is 0.704. The molecule has 2 aromatic heterocycles. The van der Waals surface area contributed by atoms with Crippen LogP contribution in [-0.2, 0) is 0 Å². The molecule has 0 aromatic carbocycles. The van der Waals surface area contributed by atoms with Crippen LogP contribution in [0.2, 0.25) is 0 Å². The summed E-state index contributed by atoms with van der Waals surface area (Å²) in [6.07, 6.45) is 4.49. The summed E-state index contributed by atoms with van der Waals surface area (Å²) >= 11 is 1.70. The molecule has 1 aliphatic carbocycles. The smallest absolute Gasteiger partial charge is 0.103 e. The highest BCUT2D eigenvalue weighted by atomic mass is 32.1. The fraction of sp³-hybridized carbons (Fsp3) is 0.333. The predicted octanol–water partition coefficient (Wildman–Crippen LogP) is 2.57. The van der Waals surface area contributed by atoms with Crippen LogP contribution < -0.4 is 0 Å². The molecule has 0 atom stereocenters. The van der Waals surface area contributed by atoms with Gasteiger partial charge in [-0.15, -0.1) is 11.3 Å². The van der Waals surface area contributed by atoms with Crippen molar-refractivity contribution in [1.29, 1.82) is 0 Å². The van der Waals surface area contributed by atoms with Crippen molar-refractivity contribution in [2.45, 2.75) is 18.8 Å². The first-order valence-electron chi connectivity index (χ1n) is 4.13. The van der Waals surface area contributed by atoms with E-state index < -0.39 is 0 Å². The summed E-state index contributed by atoms with van der Waals surface area (Å²) < 4.78 is 1.27. The Kier molecular flexibility index (Phi) is 1.23. The van der Waals surface area contributed by atoms with E-state index in [0.29, 0.717) is 5.92 Å². The number of aromatic nitrogens is 2. The highest BCUT2D eigenvalue weighted by Gasteiger charge is 2.27. The molecule has 0 radical (unpaired) electrons. The summed E-state index contributed by atoms with van der Waals surface area (Å²) in [6.45, 7) is 0. The van der Waals surface area contributed by atoms with Gasteiger partial charge < -0.3 is 0 Å². The molecule has 12 heavy (non-hydrogen) atoms. The zero-order chi connectivity index (χ0) is 7.97. The van der Waals surface area contributed by atoms with E-state index in [4.69, 9.17) is 0 Å². The molecule has 0 spiro atoms. The van der Waals surface area contributed by atoms with Crippen LogP contribution >= 0.6 is 11.3 Å². The quantitative estimate of drug-likeness (QED) is 0.667. The number of pyridine rings is 1. The molecule has 1 fully saturated rings. The molecule has 0 bridgehead atoms. The Labute approximate surface area is 74.3 Å². The highest BCUT2D eigenvalue weighted by Crippen LogP contribution is 2.41. The number of nitrogens with zero attached hydrogens (tertiary/aromatic N) is 2. The van der Waals surface area contributed by atoms with Gasteiger partial charge in [-0.05, 0) is 18.9 Å². The van der Waals surface area contributed by atoms with Crippen molar-refractivity contribution in [3.63, 3.8) is 0 Å². The summed E-state index contributed by atoms with van der Waals surface area (Å²) in [5.74, 6) is 0.704. The van der Waals surface area contributed by atoms with Gasteiger partial charge in [0.2, 0.25) is 0 Å². The van der Waals surface area contributed by atoms with Gasteiger partial charge in [-0.3, -0.25) is 4.98 Å². The van der Waals surface area contributed by atoms with Gasteiger partial charge in [0.05, 0.1) is 15.9 Å². The maximum Gasteiger partial charge on any atom is 0.103 e. The summed E-state index contributed by atoms with van der Waals surface area (Å²) in [5.41, 5.74) is 4.25. The third-order valence-electron chi connectivity index (χ3n) is 2.24. The molecule has 0 N–H and O–H groups in total. The Balaban J connectivity index is 2.32. The van der Waals surface area contributed by atoms with Crippen molar-refractivity contribution in [2.24, 2.45) is 0 Å². The van der Waals surface area contributed by atoms with E-state index in [-0.39, 0.29) is 0 Å². The molecule has 0 aliphatic heterocycles. The zero-order valence-electron chi connectivity index (χ0n) is 6.53. The lowest BCUT2D eigenvalue weighted by molar-refractivity contribution is 1.04. The topological polar surface area (TPSA) is 25.8 Å². The molecular weight excluding hydrogens is 168 g/mol. The predicted molar refractivity (Wildman–Crippen MR) is 49.4 cm³/mol. The third kappa shape index (κ3) is 0.862. The Bertz CT molecular complexity index is 417. The molecular formula is C9H8N2S. The van der Waals surface area contributed by atoms with Gasteiger partial charge in [0, 0.05) is 12.1 Å². The normalized spacial score (nSPS) is 17.0. The molecule has 0 saturated heterocycles. The first kappa shape index (κ1) is 6.54. The minimum atomic E-state index is 0.704. The van der Waals surface area contributed by atoms with Crippen LogP contribution in [0.3, 0.4) is 0 Å². The van der Waals surface area contributed by atoms with Crippen LogP contribution in [0.1, 0.15) is 24.5 Å². The number of hydrogen-bond donors (Lipinski definition) is 0. The maximum atomic E-state index is 4.39. The second kappa shape index (κ2) is 2.26. The van der Waals surface area contributed by atoms with Gasteiger partial charge in [0.15, 0.2) is 0 Å². The van der Waals surface area contributed by atoms with Crippen LogP contribution in [0.4, 0.5) is 0 Å². The number of fused-ring (bicyclic) bond motifs is 1. The summed E-state index contributed by atoms with van der Waals surface area (Å²) in [5, 5.41) is 0. The Morgan fingerprint density at radius 2 is 2.25 bits per heavy atom. The second-order valence-electron chi connectivity index (χ2n) is 3.17. The average molecular weight is 176 g/mol. The molecule has 2 heterocycles. The minimum Gasteiger partial charge on any atom is -0.259 e. The van der Waals surface area contributed by atoms with E-state index >= 15 is 0 Å². The molecule has 0 amide bonds. The highest BCUT2D eigenvalue weighted by molar-refractivity contribution is 7.16. The first-order valence-corrected chi connectivity index (χ1v) is 5.01. The Hall–Kier alpha value is -0.960. The molecule has 3 heteroatoms. The fourth-order valence-corrected chi connectivity index (χ4v) is 2.15. The first-order chi connectivity index (χ1) is 5.95. The van der Waals surface area contributed by atoms with Crippen molar-refractivity contribution < 1.29 is 0 Å². The molecule has 0 unspecified atom stereocenters. The fourth-order valence-electron chi connectivity index (χ4n) is 1.47. The summed E-state index contributed by atoms with van der Waals surface area (Å²) in [6, 6.07) is 2.04. The second-order valence-corrected chi connectivity index (χ2v) is 4.06. The van der Waals surface area contributed by atoms with E-state index in [9.17, 15) is 0 Å². The number of rotatable bonds is 1. The van der Waals surface area contributed by atoms with Crippen molar-refractivity contribution >= 4 is 21.6 Å². The molecule has 3 rings (SSSR count).